The molecule has 0 aromatic carbocycles. The Morgan fingerprint density at radius 3 is 1.21 bits per heavy atom. The topological polar surface area (TPSA) is 38.7 Å². The normalized spacial score (nSPS) is 13.7. The third-order valence-corrected chi connectivity index (χ3v) is 8.48. The van der Waals surface area contributed by atoms with Gasteiger partial charge in [-0.2, -0.15) is 0 Å². The molecule has 0 spiro atoms. The monoisotopic (exact) mass is 557 g/mol. The second-order valence-electron chi connectivity index (χ2n) is 12.9. The number of unbranched alkanes of at least 4 members (excludes halogenated alkanes) is 22. The number of hydrogen-bond acceptors (Lipinski definition) is 3. The summed E-state index contributed by atoms with van der Waals surface area (Å²) in [5.74, 6) is 0. The van der Waals surface area contributed by atoms with Crippen molar-refractivity contribution in [2.24, 2.45) is 0 Å². The van der Waals surface area contributed by atoms with Crippen molar-refractivity contribution in [3.8, 4) is 0 Å². The maximum absolute atomic E-state index is 10.2. The molecular formula is C35H74NO3+. The molecule has 0 aliphatic rings. The van der Waals surface area contributed by atoms with Gasteiger partial charge >= 0.3 is 0 Å². The van der Waals surface area contributed by atoms with Gasteiger partial charge in [0.15, 0.2) is 6.23 Å². The molecular weight excluding hydrogens is 482 g/mol. The van der Waals surface area contributed by atoms with Crippen LogP contribution in [0.2, 0.25) is 0 Å². The Kier molecular flexibility index (Phi) is 29.2. The molecule has 0 aromatic rings. The molecule has 0 heterocycles. The van der Waals surface area contributed by atoms with Crippen LogP contribution in [-0.2, 0) is 9.47 Å². The first kappa shape index (κ1) is 38.8. The molecule has 4 heteroatoms. The third kappa shape index (κ3) is 27.8. The lowest BCUT2D eigenvalue weighted by molar-refractivity contribution is -0.937. The molecule has 39 heavy (non-hydrogen) atoms. The fraction of sp³-hybridized carbons (Fsp3) is 1.00. The van der Waals surface area contributed by atoms with E-state index in [9.17, 15) is 5.11 Å². The lowest BCUT2D eigenvalue weighted by Gasteiger charge is -2.35. The Balaban J connectivity index is 3.83. The molecule has 1 N–H and O–H groups in total. The quantitative estimate of drug-likeness (QED) is 0.0509. The number of hydrogen-bond donors (Lipinski definition) is 1. The zero-order chi connectivity index (χ0) is 28.9. The highest BCUT2D eigenvalue weighted by atomic mass is 16.5. The molecule has 0 fully saturated rings. The minimum atomic E-state index is -0.404. The minimum absolute atomic E-state index is 0.0552. The van der Waals surface area contributed by atoms with Crippen molar-refractivity contribution < 1.29 is 19.1 Å². The predicted molar refractivity (Wildman–Crippen MR) is 171 cm³/mol. The van der Waals surface area contributed by atoms with Crippen LogP contribution in [0.25, 0.3) is 0 Å². The van der Waals surface area contributed by atoms with Gasteiger partial charge in [0, 0.05) is 20.1 Å². The highest BCUT2D eigenvalue weighted by molar-refractivity contribution is 4.58. The van der Waals surface area contributed by atoms with E-state index in [2.05, 4.69) is 27.9 Å². The van der Waals surface area contributed by atoms with E-state index in [0.717, 1.165) is 32.6 Å². The molecule has 0 amide bonds. The first-order valence-corrected chi connectivity index (χ1v) is 17.6. The van der Waals surface area contributed by atoms with Gasteiger partial charge in [-0.3, -0.25) is 0 Å². The summed E-state index contributed by atoms with van der Waals surface area (Å²) in [6.07, 6.45) is 32.4. The summed E-state index contributed by atoms with van der Waals surface area (Å²) in [5.41, 5.74) is 0. The maximum atomic E-state index is 10.2. The average Bonchev–Trinajstić information content (AvgIpc) is 2.91. The van der Waals surface area contributed by atoms with Gasteiger partial charge in [-0.15, -0.1) is 0 Å². The zero-order valence-electron chi connectivity index (χ0n) is 27.7. The second kappa shape index (κ2) is 29.3. The van der Waals surface area contributed by atoms with Gasteiger partial charge in [0.25, 0.3) is 0 Å². The minimum Gasteiger partial charge on any atom is -0.379 e. The van der Waals surface area contributed by atoms with Crippen LogP contribution >= 0.6 is 0 Å². The number of quaternary nitrogens is 1. The third-order valence-electron chi connectivity index (χ3n) is 8.48. The lowest BCUT2D eigenvalue weighted by atomic mass is 10.1. The number of aliphatic hydroxyl groups is 1. The van der Waals surface area contributed by atoms with E-state index >= 15 is 0 Å². The highest BCUT2D eigenvalue weighted by Crippen LogP contribution is 2.14. The van der Waals surface area contributed by atoms with Gasteiger partial charge in [0.1, 0.15) is 12.6 Å². The van der Waals surface area contributed by atoms with Crippen LogP contribution in [0.5, 0.6) is 0 Å². The molecule has 0 aromatic heterocycles. The number of aliphatic hydroxyl groups excluding tert-OH is 1. The Hall–Kier alpha value is -0.160. The molecule has 4 nitrogen and oxygen atoms in total. The Labute approximate surface area is 246 Å². The van der Waals surface area contributed by atoms with Crippen molar-refractivity contribution in [3.63, 3.8) is 0 Å². The summed E-state index contributed by atoms with van der Waals surface area (Å²) in [6.45, 7) is 9.52. The van der Waals surface area contributed by atoms with Crippen molar-refractivity contribution >= 4 is 0 Å². The van der Waals surface area contributed by atoms with E-state index in [-0.39, 0.29) is 6.10 Å². The second-order valence-corrected chi connectivity index (χ2v) is 12.9. The van der Waals surface area contributed by atoms with Gasteiger partial charge in [-0.05, 0) is 12.8 Å². The van der Waals surface area contributed by atoms with Crippen LogP contribution in [-0.4, -0.2) is 62.4 Å². The van der Waals surface area contributed by atoms with E-state index in [0.29, 0.717) is 11.1 Å². The molecule has 0 rings (SSSR count). The Morgan fingerprint density at radius 2 is 0.846 bits per heavy atom. The van der Waals surface area contributed by atoms with Gasteiger partial charge in [-0.25, -0.2) is 0 Å². The fourth-order valence-corrected chi connectivity index (χ4v) is 5.28. The summed E-state index contributed by atoms with van der Waals surface area (Å²) < 4.78 is 12.9. The molecule has 2 unspecified atom stereocenters. The van der Waals surface area contributed by atoms with Crippen LogP contribution in [0.1, 0.15) is 175 Å². The Morgan fingerprint density at radius 1 is 0.513 bits per heavy atom. The first-order chi connectivity index (χ1) is 18.9. The molecule has 0 bridgehead atoms. The van der Waals surface area contributed by atoms with Gasteiger partial charge in [0.2, 0.25) is 0 Å². The standard InChI is InChI=1S/C35H74NO3/c1-6-8-10-12-14-16-18-20-22-24-26-28-30-38-33-35(32-36(4,5)34(3)37)39-31-29-27-25-23-21-19-17-15-13-11-9-7-2/h34-35,37H,6-33H2,1-5H3/q+1. The molecule has 0 saturated heterocycles. The van der Waals surface area contributed by atoms with E-state index in [1.165, 1.54) is 141 Å². The summed E-state index contributed by atoms with van der Waals surface area (Å²) >= 11 is 0. The SMILES string of the molecule is CCCCCCCCCCCCCCOCC(C[N+](C)(C)C(C)O)OCCCCCCCCCCCCCC. The number of rotatable bonds is 32. The molecule has 0 aliphatic carbocycles. The van der Waals surface area contributed by atoms with Gasteiger partial charge in [-0.1, -0.05) is 155 Å². The molecule has 0 saturated carbocycles. The number of ether oxygens (including phenoxy) is 2. The van der Waals surface area contributed by atoms with Crippen molar-refractivity contribution in [2.75, 3.05) is 40.5 Å². The van der Waals surface area contributed by atoms with Crippen molar-refractivity contribution in [3.05, 3.63) is 0 Å². The summed E-state index contributed by atoms with van der Waals surface area (Å²) in [4.78, 5) is 0. The van der Waals surface area contributed by atoms with Crippen molar-refractivity contribution in [1.82, 2.24) is 0 Å². The van der Waals surface area contributed by atoms with E-state index < -0.39 is 6.23 Å². The summed E-state index contributed by atoms with van der Waals surface area (Å²) in [6, 6.07) is 0. The van der Waals surface area contributed by atoms with Crippen LogP contribution in [0.15, 0.2) is 0 Å². The van der Waals surface area contributed by atoms with E-state index in [1.807, 2.05) is 6.92 Å². The molecule has 236 valence electrons. The van der Waals surface area contributed by atoms with Gasteiger partial charge in [0.05, 0.1) is 20.7 Å². The number of nitrogens with zero attached hydrogens (tertiary/aromatic N) is 1. The van der Waals surface area contributed by atoms with Crippen LogP contribution in [0.3, 0.4) is 0 Å². The molecule has 0 aliphatic heterocycles. The molecule has 2 atom stereocenters. The van der Waals surface area contributed by atoms with E-state index in [1.54, 1.807) is 0 Å². The van der Waals surface area contributed by atoms with Gasteiger partial charge < -0.3 is 19.1 Å². The largest absolute Gasteiger partial charge is 0.379 e. The first-order valence-electron chi connectivity index (χ1n) is 17.6. The van der Waals surface area contributed by atoms with Crippen LogP contribution in [0, 0.1) is 0 Å². The Bertz CT molecular complexity index is 469. The van der Waals surface area contributed by atoms with Crippen LogP contribution in [0.4, 0.5) is 0 Å². The molecule has 0 radical (unpaired) electrons. The van der Waals surface area contributed by atoms with Crippen LogP contribution < -0.4 is 0 Å². The zero-order valence-corrected chi connectivity index (χ0v) is 27.7. The highest BCUT2D eigenvalue weighted by Gasteiger charge is 2.27. The summed E-state index contributed by atoms with van der Waals surface area (Å²) in [5, 5.41) is 10.2. The lowest BCUT2D eigenvalue weighted by Crippen LogP contribution is -2.52. The van der Waals surface area contributed by atoms with E-state index in [4.69, 9.17) is 9.47 Å². The average molecular weight is 557 g/mol. The maximum Gasteiger partial charge on any atom is 0.187 e. The predicted octanol–water partition coefficient (Wildman–Crippen LogP) is 10.2. The van der Waals surface area contributed by atoms with Crippen molar-refractivity contribution in [2.45, 2.75) is 187 Å². The number of likely N-dealkylation sites (N-methyl/N-ethyl adjacent to an activating group) is 1. The smallest absolute Gasteiger partial charge is 0.187 e. The van der Waals surface area contributed by atoms with Crippen molar-refractivity contribution in [1.29, 1.82) is 0 Å². The fourth-order valence-electron chi connectivity index (χ4n) is 5.28. The summed E-state index contributed by atoms with van der Waals surface area (Å²) in [7, 11) is 4.16.